The molecule has 1 aromatic heterocycles. The minimum absolute atomic E-state index is 0.0978. The van der Waals surface area contributed by atoms with Crippen molar-refractivity contribution in [1.29, 1.82) is 5.41 Å². The van der Waals surface area contributed by atoms with Crippen molar-refractivity contribution in [2.75, 3.05) is 12.8 Å². The molecule has 0 fully saturated rings. The lowest BCUT2D eigenvalue weighted by atomic mass is 10.1. The number of benzene rings is 2. The number of nitrogens with zero attached hydrogens (tertiary/aromatic N) is 2. The summed E-state index contributed by atoms with van der Waals surface area (Å²) in [4.78, 5) is 16.7. The summed E-state index contributed by atoms with van der Waals surface area (Å²) >= 11 is 0. The molecule has 0 saturated heterocycles. The van der Waals surface area contributed by atoms with Crippen LogP contribution < -0.4 is 21.3 Å². The molecule has 0 aliphatic rings. The van der Waals surface area contributed by atoms with E-state index in [-0.39, 0.29) is 28.9 Å². The van der Waals surface area contributed by atoms with E-state index in [1.165, 1.54) is 31.4 Å². The third-order valence-electron chi connectivity index (χ3n) is 4.09. The first-order valence-electron chi connectivity index (χ1n) is 8.06. The number of methoxy groups -OCH3 is 1. The summed E-state index contributed by atoms with van der Waals surface area (Å²) in [6, 6.07) is 8.79. The maximum absolute atomic E-state index is 13.1. The van der Waals surface area contributed by atoms with Crippen LogP contribution in [-0.2, 0) is 12.7 Å². The molecular formula is C18H16F3N5O2. The number of hydrogen-bond donors (Lipinski definition) is 3. The zero-order chi connectivity index (χ0) is 20.5. The van der Waals surface area contributed by atoms with E-state index in [9.17, 15) is 18.0 Å². The van der Waals surface area contributed by atoms with Crippen molar-refractivity contribution in [2.24, 2.45) is 0 Å². The summed E-state index contributed by atoms with van der Waals surface area (Å²) in [7, 11) is 1.44. The molecule has 7 nitrogen and oxygen atoms in total. The van der Waals surface area contributed by atoms with E-state index in [2.05, 4.69) is 10.3 Å². The van der Waals surface area contributed by atoms with Crippen molar-refractivity contribution >= 4 is 22.9 Å². The quantitative estimate of drug-likeness (QED) is 0.638. The van der Waals surface area contributed by atoms with E-state index in [0.29, 0.717) is 11.3 Å². The Labute approximate surface area is 157 Å². The number of amides is 1. The number of nitrogens with one attached hydrogen (secondary N) is 2. The molecule has 0 saturated carbocycles. The highest BCUT2D eigenvalue weighted by molar-refractivity contribution is 5.89. The van der Waals surface area contributed by atoms with Crippen LogP contribution in [0.15, 0.2) is 42.5 Å². The number of nitrogens with two attached hydrogens (primary N) is 1. The van der Waals surface area contributed by atoms with Crippen LogP contribution in [0.3, 0.4) is 0 Å². The average Bonchev–Trinajstić information content (AvgIpc) is 2.66. The maximum atomic E-state index is 13.1. The van der Waals surface area contributed by atoms with Crippen LogP contribution in [0.4, 0.5) is 23.8 Å². The summed E-state index contributed by atoms with van der Waals surface area (Å²) in [6.07, 6.45) is -4.55. The zero-order valence-corrected chi connectivity index (χ0v) is 14.7. The van der Waals surface area contributed by atoms with Gasteiger partial charge in [0.25, 0.3) is 0 Å². The molecule has 2 aromatic carbocycles. The van der Waals surface area contributed by atoms with Gasteiger partial charge in [-0.15, -0.1) is 0 Å². The average molecular weight is 391 g/mol. The lowest BCUT2D eigenvalue weighted by Crippen LogP contribution is -2.38. The van der Waals surface area contributed by atoms with E-state index in [0.717, 1.165) is 10.6 Å². The van der Waals surface area contributed by atoms with Crippen molar-refractivity contribution in [3.05, 3.63) is 59.1 Å². The van der Waals surface area contributed by atoms with Crippen LogP contribution in [-0.4, -0.2) is 22.7 Å². The normalized spacial score (nSPS) is 11.4. The predicted octanol–water partition coefficient (Wildman–Crippen LogP) is 2.88. The summed E-state index contributed by atoms with van der Waals surface area (Å²) < 4.78 is 45.4. The van der Waals surface area contributed by atoms with Crippen LogP contribution in [0.5, 0.6) is 5.75 Å². The highest BCUT2D eigenvalue weighted by Crippen LogP contribution is 2.31. The fourth-order valence-corrected chi connectivity index (χ4v) is 2.73. The molecule has 0 spiro atoms. The molecule has 0 radical (unpaired) electrons. The van der Waals surface area contributed by atoms with E-state index >= 15 is 0 Å². The van der Waals surface area contributed by atoms with Crippen molar-refractivity contribution in [1.82, 2.24) is 14.9 Å². The number of alkyl halides is 3. The van der Waals surface area contributed by atoms with Crippen molar-refractivity contribution in [3.8, 4) is 5.75 Å². The molecule has 0 atom stereocenters. The molecule has 146 valence electrons. The number of nitrogen functional groups attached to an aromatic ring is 1. The number of halogens is 3. The summed E-state index contributed by atoms with van der Waals surface area (Å²) in [6.45, 7) is -0.380. The van der Waals surface area contributed by atoms with Gasteiger partial charge in [-0.25, -0.2) is 14.3 Å². The van der Waals surface area contributed by atoms with Gasteiger partial charge < -0.3 is 15.8 Å². The molecule has 0 unspecified atom stereocenters. The summed E-state index contributed by atoms with van der Waals surface area (Å²) in [5.74, 6) is 0.228. The lowest BCUT2D eigenvalue weighted by molar-refractivity contribution is -0.138. The Morgan fingerprint density at radius 3 is 2.68 bits per heavy atom. The molecule has 1 amide bonds. The highest BCUT2D eigenvalue weighted by atomic mass is 19.4. The van der Waals surface area contributed by atoms with Crippen molar-refractivity contribution < 1.29 is 22.7 Å². The number of hydrogen-bond acceptors (Lipinski definition) is 5. The van der Waals surface area contributed by atoms with Gasteiger partial charge in [0.15, 0.2) is 11.3 Å². The molecular weight excluding hydrogens is 375 g/mol. The first-order valence-corrected chi connectivity index (χ1v) is 8.06. The predicted molar refractivity (Wildman–Crippen MR) is 95.6 cm³/mol. The van der Waals surface area contributed by atoms with Gasteiger partial charge in [-0.1, -0.05) is 18.2 Å². The summed E-state index contributed by atoms with van der Waals surface area (Å²) in [5.41, 5.74) is 4.95. The lowest BCUT2D eigenvalue weighted by Gasteiger charge is -2.15. The van der Waals surface area contributed by atoms with Gasteiger partial charge in [-0.05, 0) is 23.8 Å². The number of carbonyl (C=O) groups is 1. The van der Waals surface area contributed by atoms with Gasteiger partial charge in [-0.3, -0.25) is 5.41 Å². The Morgan fingerprint density at radius 2 is 2.00 bits per heavy atom. The van der Waals surface area contributed by atoms with Crippen LogP contribution in [0.1, 0.15) is 11.1 Å². The fraction of sp³-hybridized carbons (Fsp3) is 0.167. The first-order chi connectivity index (χ1) is 13.2. The second-order valence-corrected chi connectivity index (χ2v) is 5.85. The standard InChI is InChI=1S/C18H16F3N5O2/c1-28-11-6-7-13-14(8-11)26(16(23)15(22)25-13)17(27)24-9-10-4-2-3-5-12(10)18(19,20)21/h2-8,23H,9H2,1H3,(H2,22,25)(H,24,27). The Kier molecular flexibility index (Phi) is 4.95. The number of anilines is 1. The smallest absolute Gasteiger partial charge is 0.416 e. The van der Waals surface area contributed by atoms with Gasteiger partial charge in [0, 0.05) is 12.6 Å². The second kappa shape index (κ2) is 7.22. The number of ether oxygens (including phenoxy) is 1. The Morgan fingerprint density at radius 1 is 1.29 bits per heavy atom. The molecule has 1 heterocycles. The molecule has 0 aliphatic heterocycles. The van der Waals surface area contributed by atoms with Crippen molar-refractivity contribution in [2.45, 2.75) is 12.7 Å². The molecule has 3 aromatic rings. The van der Waals surface area contributed by atoms with Gasteiger partial charge in [0.2, 0.25) is 0 Å². The van der Waals surface area contributed by atoms with Crippen LogP contribution in [0.25, 0.3) is 11.0 Å². The Balaban J connectivity index is 1.99. The number of carbonyl (C=O) groups excluding carboxylic acids is 1. The van der Waals surface area contributed by atoms with Crippen LogP contribution in [0.2, 0.25) is 0 Å². The third-order valence-corrected chi connectivity index (χ3v) is 4.09. The monoisotopic (exact) mass is 391 g/mol. The van der Waals surface area contributed by atoms with E-state index in [1.54, 1.807) is 12.1 Å². The Hall–Kier alpha value is -3.56. The molecule has 4 N–H and O–H groups in total. The van der Waals surface area contributed by atoms with Crippen LogP contribution in [0, 0.1) is 5.41 Å². The minimum Gasteiger partial charge on any atom is -0.497 e. The molecule has 0 bridgehead atoms. The van der Waals surface area contributed by atoms with Crippen molar-refractivity contribution in [3.63, 3.8) is 0 Å². The molecule has 0 aliphatic carbocycles. The summed E-state index contributed by atoms with van der Waals surface area (Å²) in [5, 5.41) is 10.5. The third kappa shape index (κ3) is 3.61. The zero-order valence-electron chi connectivity index (χ0n) is 14.7. The number of fused-ring (bicyclic) bond motifs is 1. The number of aromatic nitrogens is 2. The first kappa shape index (κ1) is 19.2. The second-order valence-electron chi connectivity index (χ2n) is 5.85. The Bertz CT molecular complexity index is 1110. The van der Waals surface area contributed by atoms with Gasteiger partial charge >= 0.3 is 12.2 Å². The maximum Gasteiger partial charge on any atom is 0.416 e. The van der Waals surface area contributed by atoms with E-state index in [4.69, 9.17) is 15.9 Å². The molecule has 3 rings (SSSR count). The minimum atomic E-state index is -4.55. The van der Waals surface area contributed by atoms with E-state index < -0.39 is 17.8 Å². The SMILES string of the molecule is COc1ccc2nc(N)c(=N)n(C(=O)NCc3ccccc3C(F)(F)F)c2c1. The molecule has 10 heteroatoms. The number of rotatable bonds is 3. The highest BCUT2D eigenvalue weighted by Gasteiger charge is 2.32. The largest absolute Gasteiger partial charge is 0.497 e. The van der Waals surface area contributed by atoms with E-state index in [1.807, 2.05) is 0 Å². The topological polar surface area (TPSA) is 106 Å². The van der Waals surface area contributed by atoms with Gasteiger partial charge in [0.1, 0.15) is 5.75 Å². The van der Waals surface area contributed by atoms with Gasteiger partial charge in [-0.2, -0.15) is 13.2 Å². The molecule has 28 heavy (non-hydrogen) atoms. The fourth-order valence-electron chi connectivity index (χ4n) is 2.73. The van der Waals surface area contributed by atoms with Gasteiger partial charge in [0.05, 0.1) is 23.7 Å². The van der Waals surface area contributed by atoms with Crippen LogP contribution >= 0.6 is 0 Å².